The highest BCUT2D eigenvalue weighted by molar-refractivity contribution is 7.97. The molecule has 2 aliphatic rings. The van der Waals surface area contributed by atoms with Crippen LogP contribution in [0.4, 0.5) is 0 Å². The number of carbonyl (C=O) groups excluding carboxylic acids is 3. The van der Waals surface area contributed by atoms with E-state index in [4.69, 9.17) is 14.6 Å². The van der Waals surface area contributed by atoms with Crippen LogP contribution in [0.25, 0.3) is 0 Å². The number of benzene rings is 6. The number of halogens is 2. The van der Waals surface area contributed by atoms with Crippen molar-refractivity contribution in [2.75, 3.05) is 0 Å². The fraction of sp³-hybridized carbons (Fsp3) is 0.130. The average molecular weight is 872 g/mol. The summed E-state index contributed by atoms with van der Waals surface area (Å²) in [5, 5.41) is 17.7. The molecule has 2 heterocycles. The molecule has 2 atom stereocenters. The lowest BCUT2D eigenvalue weighted by Crippen LogP contribution is -3.00. The standard InChI is InChI=1S/C23H19O4S.C18H14OS.C5H6O4.2ClH/c24-22-16-15-21(27-22)23(25)26-17-11-13-20(14-12-17)28(18-7-3-1-4-8-18)19-9-5-2-6-10-19;19-15-11-13-18(14-12-15)20(16-7-3-1-4-8-16)17-9-5-2-6-10-17;6-4-2-1-3(9-4)5(7)8;;/h1-14,21H,15-16H2;1-14H;3H,1-2H2,(H,7,8);2*1H/q+1;;;;/p-1. The van der Waals surface area contributed by atoms with Gasteiger partial charge < -0.3 is 49.2 Å². The maximum Gasteiger partial charge on any atom is 0.352 e. The molecule has 6 aromatic carbocycles. The van der Waals surface area contributed by atoms with Crippen molar-refractivity contribution in [1.29, 1.82) is 0 Å². The lowest BCUT2D eigenvalue weighted by atomic mass is 10.2. The van der Waals surface area contributed by atoms with Gasteiger partial charge in [0.2, 0.25) is 0 Å². The normalized spacial score (nSPS) is 15.2. The van der Waals surface area contributed by atoms with Crippen LogP contribution in [0.15, 0.2) is 199 Å². The number of carboxylic acid groups (broad SMARTS) is 1. The molecule has 0 bridgehead atoms. The molecule has 9 nitrogen and oxygen atoms in total. The van der Waals surface area contributed by atoms with Gasteiger partial charge in [0.25, 0.3) is 0 Å². The summed E-state index contributed by atoms with van der Waals surface area (Å²) in [7, 11) is -0.386. The third-order valence-corrected chi connectivity index (χ3v) is 13.0. The lowest BCUT2D eigenvalue weighted by molar-refractivity contribution is -0.156. The van der Waals surface area contributed by atoms with E-state index in [9.17, 15) is 24.3 Å². The Bertz CT molecular complexity index is 2150. The van der Waals surface area contributed by atoms with E-state index in [-0.39, 0.29) is 65.4 Å². The van der Waals surface area contributed by atoms with Crippen LogP contribution < -0.4 is 29.6 Å². The van der Waals surface area contributed by atoms with Crippen molar-refractivity contribution < 1.29 is 68.4 Å². The number of cyclic esters (lactones) is 2. The molecule has 2 unspecified atom stereocenters. The van der Waals surface area contributed by atoms with Crippen LogP contribution in [0.2, 0.25) is 0 Å². The molecule has 0 saturated carbocycles. The van der Waals surface area contributed by atoms with Gasteiger partial charge >= 0.3 is 23.9 Å². The van der Waals surface area contributed by atoms with Crippen molar-refractivity contribution in [3.8, 4) is 11.5 Å². The van der Waals surface area contributed by atoms with Crippen LogP contribution in [-0.2, 0) is 50.4 Å². The fourth-order valence-corrected chi connectivity index (χ4v) is 10.0. The van der Waals surface area contributed by atoms with E-state index in [0.29, 0.717) is 24.3 Å². The molecule has 2 N–H and O–H groups in total. The molecule has 2 saturated heterocycles. The minimum absolute atomic E-state index is 0. The predicted molar refractivity (Wildman–Crippen MR) is 216 cm³/mol. The van der Waals surface area contributed by atoms with E-state index in [1.165, 1.54) is 24.5 Å². The van der Waals surface area contributed by atoms with Crippen molar-refractivity contribution in [3.05, 3.63) is 170 Å². The number of carboxylic acids is 1. The number of carbonyl (C=O) groups is 4. The molecule has 0 amide bonds. The second-order valence-corrected chi connectivity index (χ2v) is 16.7. The van der Waals surface area contributed by atoms with E-state index in [2.05, 4.69) is 77.5 Å². The van der Waals surface area contributed by atoms with Gasteiger partial charge in [-0.15, -0.1) is 0 Å². The first-order chi connectivity index (χ1) is 27.7. The van der Waals surface area contributed by atoms with Crippen LogP contribution in [0.5, 0.6) is 11.5 Å². The van der Waals surface area contributed by atoms with Crippen LogP contribution in [0.3, 0.4) is 0 Å². The zero-order chi connectivity index (χ0) is 40.0. The summed E-state index contributed by atoms with van der Waals surface area (Å²) in [4.78, 5) is 51.0. The molecule has 6 aromatic rings. The Balaban J connectivity index is 0.000000216. The monoisotopic (exact) mass is 870 g/mol. The molecular formula is C46H40Cl2O9S2. The molecule has 2 fully saturated rings. The van der Waals surface area contributed by atoms with Crippen molar-refractivity contribution >= 4 is 45.7 Å². The quantitative estimate of drug-likeness (QED) is 0.128. The second kappa shape index (κ2) is 23.0. The largest absolute Gasteiger partial charge is 1.00 e. The highest BCUT2D eigenvalue weighted by atomic mass is 35.5. The molecule has 0 aliphatic carbocycles. The Hall–Kier alpha value is -5.72. The van der Waals surface area contributed by atoms with Crippen LogP contribution in [-0.4, -0.2) is 46.3 Å². The van der Waals surface area contributed by atoms with Gasteiger partial charge in [0.1, 0.15) is 11.5 Å². The molecular weight excluding hydrogens is 832 g/mol. The Kier molecular flexibility index (Phi) is 17.9. The average Bonchev–Trinajstić information content (AvgIpc) is 3.90. The highest BCUT2D eigenvalue weighted by Gasteiger charge is 2.33. The van der Waals surface area contributed by atoms with Gasteiger partial charge in [-0.2, -0.15) is 0 Å². The van der Waals surface area contributed by atoms with E-state index in [1.807, 2.05) is 72.8 Å². The number of ether oxygens (including phenoxy) is 3. The van der Waals surface area contributed by atoms with E-state index < -0.39 is 30.1 Å². The molecule has 0 radical (unpaired) electrons. The molecule has 13 heteroatoms. The summed E-state index contributed by atoms with van der Waals surface area (Å²) in [6.07, 6.45) is -0.505. The summed E-state index contributed by atoms with van der Waals surface area (Å²) in [5.74, 6) is -1.60. The lowest BCUT2D eigenvalue weighted by Gasteiger charge is -2.10. The first-order valence-electron chi connectivity index (χ1n) is 18.2. The van der Waals surface area contributed by atoms with Crippen molar-refractivity contribution in [1.82, 2.24) is 0 Å². The smallest absolute Gasteiger partial charge is 0.352 e. The number of hydrogen-bond donors (Lipinski definition) is 2. The molecule has 59 heavy (non-hydrogen) atoms. The van der Waals surface area contributed by atoms with Gasteiger partial charge in [-0.3, -0.25) is 9.59 Å². The van der Waals surface area contributed by atoms with Gasteiger partial charge in [-0.05, 0) is 97.1 Å². The minimum atomic E-state index is -1.05. The van der Waals surface area contributed by atoms with Crippen LogP contribution >= 0.6 is 0 Å². The summed E-state index contributed by atoms with van der Waals surface area (Å²) < 4.78 is 14.7. The Morgan fingerprint density at radius 3 is 1.12 bits per heavy atom. The fourth-order valence-electron chi connectivity index (χ4n) is 5.84. The molecule has 8 rings (SSSR count). The molecule has 0 spiro atoms. The first kappa shape index (κ1) is 46.0. The minimum Gasteiger partial charge on any atom is -1.00 e. The molecule has 304 valence electrons. The third kappa shape index (κ3) is 13.1. The topological polar surface area (TPSA) is 136 Å². The number of phenolic OH excluding ortho intramolecular Hbond substituents is 1. The number of aromatic hydroxyl groups is 1. The maximum atomic E-state index is 12.1. The van der Waals surface area contributed by atoms with Gasteiger partial charge in [0.05, 0.1) is 21.8 Å². The molecule has 0 aromatic heterocycles. The number of hydrogen-bond acceptors (Lipinski definition) is 8. The SMILES string of the molecule is O=C1CCC(C(=O)O)O1.O=C1CCC(C(=O)Oc2ccc([S+](c3ccccc3)c3ccccc3)cc2)O1.Oc1ccc([S+](c2ccccc2)c2ccccc2)cc1.[Cl-].[Cl-]. The van der Waals surface area contributed by atoms with Gasteiger partial charge in [0, 0.05) is 25.7 Å². The Morgan fingerprint density at radius 2 is 0.814 bits per heavy atom. The van der Waals surface area contributed by atoms with Crippen molar-refractivity contribution in [2.24, 2.45) is 0 Å². The van der Waals surface area contributed by atoms with Gasteiger partial charge in [-0.1, -0.05) is 72.8 Å². The Morgan fingerprint density at radius 1 is 0.492 bits per heavy atom. The van der Waals surface area contributed by atoms with E-state index >= 15 is 0 Å². The zero-order valence-electron chi connectivity index (χ0n) is 31.5. The number of rotatable bonds is 9. The summed E-state index contributed by atoms with van der Waals surface area (Å²) in [6.45, 7) is 0. The van der Waals surface area contributed by atoms with Crippen LogP contribution in [0.1, 0.15) is 25.7 Å². The number of phenols is 1. The predicted octanol–water partition coefficient (Wildman–Crippen LogP) is 2.67. The summed E-state index contributed by atoms with van der Waals surface area (Å²) in [5.41, 5.74) is 0. The first-order valence-corrected chi connectivity index (χ1v) is 20.6. The summed E-state index contributed by atoms with van der Waals surface area (Å²) >= 11 is 0. The number of aliphatic carboxylic acids is 1. The maximum absolute atomic E-state index is 12.1. The van der Waals surface area contributed by atoms with Crippen molar-refractivity contribution in [2.45, 2.75) is 67.3 Å². The summed E-state index contributed by atoms with van der Waals surface area (Å²) in [6, 6.07) is 56.7. The zero-order valence-corrected chi connectivity index (χ0v) is 34.6. The highest BCUT2D eigenvalue weighted by Crippen LogP contribution is 2.33. The number of esters is 3. The third-order valence-electron chi connectivity index (χ3n) is 8.57. The Labute approximate surface area is 360 Å². The second-order valence-electron chi connectivity index (χ2n) is 12.6. The van der Waals surface area contributed by atoms with Gasteiger partial charge in [0.15, 0.2) is 41.6 Å². The van der Waals surface area contributed by atoms with E-state index in [1.54, 1.807) is 24.3 Å². The van der Waals surface area contributed by atoms with Crippen molar-refractivity contribution in [3.63, 3.8) is 0 Å². The molecule has 2 aliphatic heterocycles. The van der Waals surface area contributed by atoms with E-state index in [0.717, 1.165) is 4.90 Å². The van der Waals surface area contributed by atoms with Crippen LogP contribution in [0, 0.1) is 0 Å². The van der Waals surface area contributed by atoms with Gasteiger partial charge in [-0.25, -0.2) is 9.59 Å².